The van der Waals surface area contributed by atoms with Gasteiger partial charge in [-0.3, -0.25) is 19.4 Å². The van der Waals surface area contributed by atoms with Gasteiger partial charge in [0.25, 0.3) is 5.91 Å². The molecule has 1 atom stereocenters. The summed E-state index contributed by atoms with van der Waals surface area (Å²) >= 11 is 0. The molecule has 0 unspecified atom stereocenters. The number of rotatable bonds is 10. The number of nitrogens with zero attached hydrogens (tertiary/aromatic N) is 4. The second-order valence-electron chi connectivity index (χ2n) is 7.80. The molecule has 0 saturated heterocycles. The van der Waals surface area contributed by atoms with Gasteiger partial charge in [0.1, 0.15) is 17.5 Å². The van der Waals surface area contributed by atoms with Gasteiger partial charge in [-0.1, -0.05) is 37.3 Å². The second-order valence-corrected chi connectivity index (χ2v) is 7.80. The largest absolute Gasteiger partial charge is 0.486 e. The summed E-state index contributed by atoms with van der Waals surface area (Å²) in [7, 11) is 0. The lowest BCUT2D eigenvalue weighted by Gasteiger charge is -2.20. The third-order valence-corrected chi connectivity index (χ3v) is 5.48. The number of ether oxygens (including phenoxy) is 1. The van der Waals surface area contributed by atoms with Crippen molar-refractivity contribution in [2.45, 2.75) is 39.0 Å². The number of nitrogens with one attached hydrogen (secondary N) is 1. The molecule has 1 N–H and O–H groups in total. The SMILES string of the molecule is CCN(CCCNC(=O)c1cc2n(n1)C[C@@H](Oc1cccnc1)C2)Cc1ccccc1. The van der Waals surface area contributed by atoms with Crippen LogP contribution in [0.3, 0.4) is 0 Å². The molecule has 3 aromatic rings. The summed E-state index contributed by atoms with van der Waals surface area (Å²) in [6.45, 7) is 6.31. The zero-order valence-electron chi connectivity index (χ0n) is 17.9. The number of fused-ring (bicyclic) bond motifs is 1. The van der Waals surface area contributed by atoms with Crippen LogP contribution in [-0.4, -0.2) is 51.3 Å². The topological polar surface area (TPSA) is 72.3 Å². The van der Waals surface area contributed by atoms with Crippen LogP contribution in [0.1, 0.15) is 35.1 Å². The molecular formula is C24H29N5O2. The maximum Gasteiger partial charge on any atom is 0.271 e. The van der Waals surface area contributed by atoms with Gasteiger partial charge in [0.15, 0.2) is 0 Å². The van der Waals surface area contributed by atoms with E-state index in [0.29, 0.717) is 18.8 Å². The van der Waals surface area contributed by atoms with E-state index in [-0.39, 0.29) is 12.0 Å². The summed E-state index contributed by atoms with van der Waals surface area (Å²) in [5.74, 6) is 0.641. The first-order valence-corrected chi connectivity index (χ1v) is 10.9. The molecule has 0 radical (unpaired) electrons. The van der Waals surface area contributed by atoms with Crippen LogP contribution in [0.15, 0.2) is 60.9 Å². The summed E-state index contributed by atoms with van der Waals surface area (Å²) in [6, 6.07) is 16.1. The first-order valence-electron chi connectivity index (χ1n) is 10.9. The standard InChI is InChI=1S/C24H29N5O2/c1-2-28(17-19-8-4-3-5-9-19)13-7-12-26-24(30)23-15-20-14-22(18-29(20)27-23)31-21-10-6-11-25-16-21/h3-6,8-11,15-16,22H,2,7,12-14,17-18H2,1H3,(H,26,30)/t22-/m0/s1. The fraction of sp³-hybridized carbons (Fsp3) is 0.375. The molecule has 2 aromatic heterocycles. The smallest absolute Gasteiger partial charge is 0.271 e. The number of carbonyl (C=O) groups is 1. The normalized spacial score (nSPS) is 15.1. The molecule has 1 amide bonds. The molecule has 1 aliphatic heterocycles. The highest BCUT2D eigenvalue weighted by atomic mass is 16.5. The van der Waals surface area contributed by atoms with Crippen LogP contribution in [0, 0.1) is 0 Å². The van der Waals surface area contributed by atoms with Gasteiger partial charge in [-0.05, 0) is 36.7 Å². The van der Waals surface area contributed by atoms with E-state index in [1.165, 1.54) is 5.56 Å². The summed E-state index contributed by atoms with van der Waals surface area (Å²) < 4.78 is 7.81. The molecule has 31 heavy (non-hydrogen) atoms. The number of aromatic nitrogens is 3. The van der Waals surface area contributed by atoms with Crippen LogP contribution in [0.25, 0.3) is 0 Å². The molecule has 3 heterocycles. The highest BCUT2D eigenvalue weighted by Crippen LogP contribution is 2.21. The van der Waals surface area contributed by atoms with Crippen molar-refractivity contribution in [2.24, 2.45) is 0 Å². The maximum atomic E-state index is 12.5. The van der Waals surface area contributed by atoms with E-state index >= 15 is 0 Å². The third kappa shape index (κ3) is 5.70. The van der Waals surface area contributed by atoms with Crippen LogP contribution in [-0.2, 0) is 19.5 Å². The highest BCUT2D eigenvalue weighted by Gasteiger charge is 2.26. The van der Waals surface area contributed by atoms with Crippen LogP contribution in [0.5, 0.6) is 5.75 Å². The van der Waals surface area contributed by atoms with Crippen LogP contribution in [0.2, 0.25) is 0 Å². The Morgan fingerprint density at radius 2 is 2.13 bits per heavy atom. The lowest BCUT2D eigenvalue weighted by atomic mass is 10.2. The quantitative estimate of drug-likeness (QED) is 0.512. The average molecular weight is 420 g/mol. The Morgan fingerprint density at radius 3 is 2.87 bits per heavy atom. The first kappa shape index (κ1) is 21.1. The zero-order chi connectivity index (χ0) is 21.5. The molecule has 7 nitrogen and oxygen atoms in total. The van der Waals surface area contributed by atoms with Gasteiger partial charge in [-0.2, -0.15) is 5.10 Å². The molecule has 0 aliphatic carbocycles. The van der Waals surface area contributed by atoms with Crippen molar-refractivity contribution in [1.29, 1.82) is 0 Å². The molecule has 0 bridgehead atoms. The Labute approximate surface area is 183 Å². The van der Waals surface area contributed by atoms with Gasteiger partial charge < -0.3 is 10.1 Å². The molecular weight excluding hydrogens is 390 g/mol. The van der Waals surface area contributed by atoms with Crippen molar-refractivity contribution in [2.75, 3.05) is 19.6 Å². The van der Waals surface area contributed by atoms with Gasteiger partial charge in [0.2, 0.25) is 0 Å². The predicted octanol–water partition coefficient (Wildman–Crippen LogP) is 2.92. The van der Waals surface area contributed by atoms with Crippen molar-refractivity contribution in [3.05, 3.63) is 77.9 Å². The Bertz CT molecular complexity index is 951. The van der Waals surface area contributed by atoms with Crippen LogP contribution < -0.4 is 10.1 Å². The molecule has 162 valence electrons. The lowest BCUT2D eigenvalue weighted by molar-refractivity contribution is 0.0944. The Hall–Kier alpha value is -3.19. The van der Waals surface area contributed by atoms with E-state index < -0.39 is 0 Å². The van der Waals surface area contributed by atoms with Crippen molar-refractivity contribution < 1.29 is 9.53 Å². The number of amides is 1. The summed E-state index contributed by atoms with van der Waals surface area (Å²) in [4.78, 5) is 18.9. The average Bonchev–Trinajstić information content (AvgIpc) is 3.36. The molecule has 0 spiro atoms. The fourth-order valence-electron chi connectivity index (χ4n) is 3.85. The van der Waals surface area contributed by atoms with E-state index in [2.05, 4.69) is 51.5 Å². The number of benzene rings is 1. The minimum atomic E-state index is -0.113. The Balaban J connectivity index is 1.19. The Kier molecular flexibility index (Phi) is 6.94. The van der Waals surface area contributed by atoms with E-state index in [4.69, 9.17) is 4.74 Å². The van der Waals surface area contributed by atoms with Gasteiger partial charge >= 0.3 is 0 Å². The van der Waals surface area contributed by atoms with Crippen LogP contribution in [0.4, 0.5) is 0 Å². The van der Waals surface area contributed by atoms with E-state index in [0.717, 1.165) is 43.9 Å². The summed E-state index contributed by atoms with van der Waals surface area (Å²) in [5.41, 5.74) is 2.82. The second kappa shape index (κ2) is 10.2. The van der Waals surface area contributed by atoms with Crippen molar-refractivity contribution in [1.82, 2.24) is 25.0 Å². The number of hydrogen-bond donors (Lipinski definition) is 1. The van der Waals surface area contributed by atoms with E-state index in [1.54, 1.807) is 12.4 Å². The molecule has 1 aromatic carbocycles. The minimum Gasteiger partial charge on any atom is -0.486 e. The van der Waals surface area contributed by atoms with Crippen molar-refractivity contribution in [3.63, 3.8) is 0 Å². The predicted molar refractivity (Wildman–Crippen MR) is 119 cm³/mol. The molecule has 0 fully saturated rings. The third-order valence-electron chi connectivity index (χ3n) is 5.48. The Morgan fingerprint density at radius 1 is 1.26 bits per heavy atom. The molecule has 7 heteroatoms. The van der Waals surface area contributed by atoms with E-state index in [9.17, 15) is 4.79 Å². The number of pyridine rings is 1. The van der Waals surface area contributed by atoms with E-state index in [1.807, 2.05) is 28.9 Å². The number of hydrogen-bond acceptors (Lipinski definition) is 5. The van der Waals surface area contributed by atoms with Gasteiger partial charge in [-0.15, -0.1) is 0 Å². The fourth-order valence-corrected chi connectivity index (χ4v) is 3.85. The van der Waals surface area contributed by atoms with Gasteiger partial charge in [0.05, 0.1) is 12.7 Å². The molecule has 1 aliphatic rings. The van der Waals surface area contributed by atoms with Gasteiger partial charge in [0, 0.05) is 37.9 Å². The molecule has 4 rings (SSSR count). The van der Waals surface area contributed by atoms with Gasteiger partial charge in [-0.25, -0.2) is 0 Å². The minimum absolute atomic E-state index is 0.0217. The van der Waals surface area contributed by atoms with Crippen molar-refractivity contribution >= 4 is 5.91 Å². The zero-order valence-corrected chi connectivity index (χ0v) is 17.9. The summed E-state index contributed by atoms with van der Waals surface area (Å²) in [5, 5.41) is 7.47. The lowest BCUT2D eigenvalue weighted by Crippen LogP contribution is -2.30. The first-order chi connectivity index (χ1) is 15.2. The monoisotopic (exact) mass is 419 g/mol. The maximum absolute atomic E-state index is 12.5. The van der Waals surface area contributed by atoms with Crippen molar-refractivity contribution in [3.8, 4) is 5.75 Å². The molecule has 0 saturated carbocycles. The highest BCUT2D eigenvalue weighted by molar-refractivity contribution is 5.92. The number of carbonyl (C=O) groups excluding carboxylic acids is 1. The summed E-state index contributed by atoms with van der Waals surface area (Å²) in [6.07, 6.45) is 5.09. The van der Waals surface area contributed by atoms with Crippen LogP contribution >= 0.6 is 0 Å².